The van der Waals surface area contributed by atoms with Gasteiger partial charge >= 0.3 is 0 Å². The summed E-state index contributed by atoms with van der Waals surface area (Å²) >= 11 is 6.62. The summed E-state index contributed by atoms with van der Waals surface area (Å²) in [5, 5.41) is 6.22. The summed E-state index contributed by atoms with van der Waals surface area (Å²) in [6.45, 7) is 9.16. The number of nitrogens with zero attached hydrogens (tertiary/aromatic N) is 3. The average molecular weight is 526 g/mol. The molecule has 0 atom stereocenters. The number of rotatable bonds is 9. The molecule has 1 fully saturated rings. The lowest BCUT2D eigenvalue weighted by atomic mass is 9.89. The van der Waals surface area contributed by atoms with E-state index < -0.39 is 0 Å². The molecular weight excluding hydrogens is 486 g/mol. The van der Waals surface area contributed by atoms with Crippen molar-refractivity contribution in [1.82, 2.24) is 14.9 Å². The molecule has 0 saturated heterocycles. The van der Waals surface area contributed by atoms with Crippen molar-refractivity contribution < 1.29 is 4.74 Å². The Balaban J connectivity index is 1.70. The summed E-state index contributed by atoms with van der Waals surface area (Å²) < 4.78 is 5.97. The summed E-state index contributed by atoms with van der Waals surface area (Å²) in [5.74, 6) is 1.33. The maximum Gasteiger partial charge on any atom is 0.256 e. The van der Waals surface area contributed by atoms with Gasteiger partial charge in [0.15, 0.2) is 0 Å². The summed E-state index contributed by atoms with van der Waals surface area (Å²) in [4.78, 5) is 25.3. The van der Waals surface area contributed by atoms with Crippen LogP contribution in [0.4, 0.5) is 11.5 Å². The Kier molecular flexibility index (Phi) is 8.65. The Morgan fingerprint density at radius 2 is 1.86 bits per heavy atom. The molecule has 2 aromatic heterocycles. The van der Waals surface area contributed by atoms with E-state index in [-0.39, 0.29) is 11.7 Å². The Labute approximate surface area is 225 Å². The second-order valence-corrected chi connectivity index (χ2v) is 11.0. The van der Waals surface area contributed by atoms with Crippen molar-refractivity contribution in [3.63, 3.8) is 0 Å². The number of benzene rings is 1. The quantitative estimate of drug-likeness (QED) is 0.358. The van der Waals surface area contributed by atoms with Gasteiger partial charge in [-0.15, -0.1) is 0 Å². The monoisotopic (exact) mass is 525 g/mol. The molecule has 4 rings (SSSR count). The first-order valence-corrected chi connectivity index (χ1v) is 13.7. The van der Waals surface area contributed by atoms with Gasteiger partial charge in [-0.3, -0.25) is 4.79 Å². The van der Waals surface area contributed by atoms with Gasteiger partial charge in [-0.2, -0.15) is 0 Å². The molecule has 0 amide bonds. The highest BCUT2D eigenvalue weighted by atomic mass is 35.5. The van der Waals surface area contributed by atoms with Gasteiger partial charge in [-0.25, -0.2) is 4.98 Å². The van der Waals surface area contributed by atoms with Crippen molar-refractivity contribution in [1.29, 1.82) is 0 Å². The number of halogens is 1. The molecule has 1 aliphatic rings. The van der Waals surface area contributed by atoms with Gasteiger partial charge in [0, 0.05) is 40.9 Å². The van der Waals surface area contributed by atoms with E-state index in [4.69, 9.17) is 21.3 Å². The molecule has 7 nitrogen and oxygen atoms in total. The van der Waals surface area contributed by atoms with Crippen LogP contribution >= 0.6 is 11.6 Å². The number of aromatic amines is 1. The van der Waals surface area contributed by atoms with Crippen LogP contribution < -0.4 is 20.5 Å². The number of nitrogens with one attached hydrogen (secondary N) is 2. The SMILES string of the molecule is CCN(c1cc(Cl)cc2ccnc(NCc3c(OC(C)C)cc(C)[nH]c3=O)c12)C1CCC(N(C)C)CC1. The highest BCUT2D eigenvalue weighted by molar-refractivity contribution is 6.32. The second kappa shape index (κ2) is 11.7. The molecule has 37 heavy (non-hydrogen) atoms. The molecule has 1 aliphatic carbocycles. The molecule has 0 radical (unpaired) electrons. The van der Waals surface area contributed by atoms with E-state index in [1.807, 2.05) is 39.0 Å². The minimum Gasteiger partial charge on any atom is -0.490 e. The van der Waals surface area contributed by atoms with Crippen LogP contribution in [0.3, 0.4) is 0 Å². The van der Waals surface area contributed by atoms with Crippen molar-refractivity contribution in [2.75, 3.05) is 30.9 Å². The van der Waals surface area contributed by atoms with Crippen molar-refractivity contribution in [3.8, 4) is 5.75 Å². The first-order valence-electron chi connectivity index (χ1n) is 13.3. The summed E-state index contributed by atoms with van der Waals surface area (Å²) in [6, 6.07) is 9.00. The van der Waals surface area contributed by atoms with Crippen LogP contribution in [0.5, 0.6) is 5.75 Å². The Morgan fingerprint density at radius 1 is 1.16 bits per heavy atom. The third-order valence-corrected chi connectivity index (χ3v) is 7.54. The maximum absolute atomic E-state index is 12.8. The van der Waals surface area contributed by atoms with E-state index in [0.717, 1.165) is 47.4 Å². The van der Waals surface area contributed by atoms with Crippen molar-refractivity contribution in [3.05, 3.63) is 57.1 Å². The smallest absolute Gasteiger partial charge is 0.256 e. The summed E-state index contributed by atoms with van der Waals surface area (Å²) in [5.41, 5.74) is 2.26. The van der Waals surface area contributed by atoms with Gasteiger partial charge in [0.05, 0.1) is 23.9 Å². The van der Waals surface area contributed by atoms with Gasteiger partial charge in [-0.1, -0.05) is 11.6 Å². The molecular formula is C29H40ClN5O2. The molecule has 1 saturated carbocycles. The largest absolute Gasteiger partial charge is 0.490 e. The molecule has 0 spiro atoms. The summed E-state index contributed by atoms with van der Waals surface area (Å²) in [7, 11) is 4.35. The van der Waals surface area contributed by atoms with Crippen LogP contribution in [0.2, 0.25) is 5.02 Å². The highest BCUT2D eigenvalue weighted by Gasteiger charge is 2.28. The fourth-order valence-corrected chi connectivity index (χ4v) is 5.74. The number of anilines is 2. The minimum absolute atomic E-state index is 0.0370. The third kappa shape index (κ3) is 6.21. The van der Waals surface area contributed by atoms with Crippen LogP contribution in [0.1, 0.15) is 57.7 Å². The van der Waals surface area contributed by atoms with Crippen LogP contribution in [-0.2, 0) is 6.54 Å². The van der Waals surface area contributed by atoms with Crippen LogP contribution in [0, 0.1) is 6.92 Å². The Hall–Kier alpha value is -2.77. The number of aryl methyl sites for hydroxylation is 1. The predicted molar refractivity (Wildman–Crippen MR) is 154 cm³/mol. The first-order chi connectivity index (χ1) is 17.7. The van der Waals surface area contributed by atoms with Gasteiger partial charge in [0.25, 0.3) is 5.56 Å². The highest BCUT2D eigenvalue weighted by Crippen LogP contribution is 2.38. The number of hydrogen-bond donors (Lipinski definition) is 2. The van der Waals surface area contributed by atoms with Crippen LogP contribution in [-0.4, -0.2) is 53.7 Å². The zero-order chi connectivity index (χ0) is 26.7. The topological polar surface area (TPSA) is 73.5 Å². The number of aromatic nitrogens is 2. The second-order valence-electron chi connectivity index (χ2n) is 10.5. The van der Waals surface area contributed by atoms with E-state index in [1.54, 1.807) is 6.20 Å². The lowest BCUT2D eigenvalue weighted by Crippen LogP contribution is -2.42. The van der Waals surface area contributed by atoms with Crippen molar-refractivity contribution >= 4 is 33.9 Å². The lowest BCUT2D eigenvalue weighted by Gasteiger charge is -2.40. The molecule has 8 heteroatoms. The van der Waals surface area contributed by atoms with E-state index in [2.05, 4.69) is 47.2 Å². The number of fused-ring (bicyclic) bond motifs is 1. The van der Waals surface area contributed by atoms with E-state index in [1.165, 1.54) is 12.8 Å². The van der Waals surface area contributed by atoms with Gasteiger partial charge in [-0.05, 0) is 97.1 Å². The molecule has 1 aromatic carbocycles. The zero-order valence-corrected chi connectivity index (χ0v) is 23.7. The van der Waals surface area contributed by atoms with E-state index >= 15 is 0 Å². The van der Waals surface area contributed by atoms with Gasteiger partial charge in [0.2, 0.25) is 0 Å². The molecule has 0 unspecified atom stereocenters. The van der Waals surface area contributed by atoms with Crippen molar-refractivity contribution in [2.24, 2.45) is 0 Å². The number of hydrogen-bond acceptors (Lipinski definition) is 6. The molecule has 0 bridgehead atoms. The molecule has 0 aliphatic heterocycles. The number of H-pyrrole nitrogens is 1. The summed E-state index contributed by atoms with van der Waals surface area (Å²) in [6.07, 6.45) is 6.40. The van der Waals surface area contributed by atoms with Crippen LogP contribution in [0.25, 0.3) is 10.8 Å². The predicted octanol–water partition coefficient (Wildman–Crippen LogP) is 5.98. The fourth-order valence-electron chi connectivity index (χ4n) is 5.52. The standard InChI is InChI=1S/C29H40ClN5O2/c1-7-35(23-10-8-22(9-11-23)34(5)6)25-16-21(30)15-20-12-13-31-28(27(20)25)32-17-24-26(37-18(2)3)14-19(4)33-29(24)36/h12-16,18,22-23H,7-11,17H2,1-6H3,(H,31,32)(H,33,36). The normalized spacial score (nSPS) is 18.0. The average Bonchev–Trinajstić information content (AvgIpc) is 2.83. The van der Waals surface area contributed by atoms with Crippen molar-refractivity contribution in [2.45, 2.75) is 78.1 Å². The number of pyridine rings is 2. The molecule has 200 valence electrons. The van der Waals surface area contributed by atoms with Crippen LogP contribution in [0.15, 0.2) is 35.3 Å². The van der Waals surface area contributed by atoms with Gasteiger partial charge in [0.1, 0.15) is 11.6 Å². The van der Waals surface area contributed by atoms with Gasteiger partial charge < -0.3 is 24.8 Å². The first kappa shape index (κ1) is 27.3. The van der Waals surface area contributed by atoms with E-state index in [0.29, 0.717) is 35.0 Å². The Morgan fingerprint density at radius 3 is 2.51 bits per heavy atom. The molecule has 2 N–H and O–H groups in total. The number of ether oxygens (including phenoxy) is 1. The Bertz CT molecular complexity index is 1280. The molecule has 3 aromatic rings. The fraction of sp³-hybridized carbons (Fsp3) is 0.517. The minimum atomic E-state index is -0.153. The maximum atomic E-state index is 12.8. The lowest BCUT2D eigenvalue weighted by molar-refractivity contribution is 0.214. The third-order valence-electron chi connectivity index (χ3n) is 7.32. The molecule has 2 heterocycles. The van der Waals surface area contributed by atoms with E-state index in [9.17, 15) is 4.79 Å². The zero-order valence-electron chi connectivity index (χ0n) is 22.9.